The van der Waals surface area contributed by atoms with Crippen molar-refractivity contribution in [1.82, 2.24) is 4.31 Å². The van der Waals surface area contributed by atoms with Gasteiger partial charge in [0.2, 0.25) is 0 Å². The Balaban J connectivity index is 1.84. The molecule has 5 nitrogen and oxygen atoms in total. The first-order chi connectivity index (χ1) is 10.8. The van der Waals surface area contributed by atoms with Gasteiger partial charge < -0.3 is 0 Å². The molecule has 0 aliphatic carbocycles. The van der Waals surface area contributed by atoms with Crippen LogP contribution in [0.5, 0.6) is 0 Å². The van der Waals surface area contributed by atoms with Crippen LogP contribution in [0.2, 0.25) is 0 Å². The second-order valence-electron chi connectivity index (χ2n) is 5.50. The molecule has 0 unspecified atom stereocenters. The van der Waals surface area contributed by atoms with Gasteiger partial charge in [-0.3, -0.25) is 0 Å². The quantitative estimate of drug-likeness (QED) is 0.827. The summed E-state index contributed by atoms with van der Waals surface area (Å²) in [5, 5.41) is -0.694. The molecule has 0 N–H and O–H groups in total. The van der Waals surface area contributed by atoms with Gasteiger partial charge in [-0.15, -0.1) is 11.3 Å². The minimum atomic E-state index is -3.61. The average Bonchev–Trinajstić information content (AvgIpc) is 3.18. The summed E-state index contributed by atoms with van der Waals surface area (Å²) >= 11 is 1.21. The first-order valence-electron chi connectivity index (χ1n) is 7.17. The maximum Gasteiger partial charge on any atom is 0.252 e. The van der Waals surface area contributed by atoms with E-state index in [0.29, 0.717) is 6.42 Å². The molecule has 0 spiro atoms. The van der Waals surface area contributed by atoms with Crippen LogP contribution in [0.3, 0.4) is 0 Å². The van der Waals surface area contributed by atoms with Gasteiger partial charge in [0.1, 0.15) is 4.21 Å². The van der Waals surface area contributed by atoms with E-state index in [-0.39, 0.29) is 22.2 Å². The lowest BCUT2D eigenvalue weighted by atomic mass is 10.4. The first kappa shape index (κ1) is 16.6. The first-order valence-corrected chi connectivity index (χ1v) is 11.0. The largest absolute Gasteiger partial charge is 0.252 e. The van der Waals surface area contributed by atoms with E-state index in [0.717, 1.165) is 4.88 Å². The van der Waals surface area contributed by atoms with E-state index in [9.17, 15) is 16.8 Å². The third kappa shape index (κ3) is 3.08. The Morgan fingerprint density at radius 1 is 1.04 bits per heavy atom. The van der Waals surface area contributed by atoms with Gasteiger partial charge in [0.15, 0.2) is 9.84 Å². The number of nitrogens with zero attached hydrogens (tertiary/aromatic N) is 1. The monoisotopic (exact) mass is 371 g/mol. The molecule has 3 rings (SSSR count). The van der Waals surface area contributed by atoms with Crippen molar-refractivity contribution >= 4 is 31.2 Å². The van der Waals surface area contributed by atoms with Gasteiger partial charge in [-0.2, -0.15) is 4.31 Å². The van der Waals surface area contributed by atoms with E-state index in [1.165, 1.54) is 15.6 Å². The molecule has 1 aliphatic rings. The molecule has 1 saturated heterocycles. The molecule has 2 heterocycles. The third-order valence-corrected chi connectivity index (χ3v) is 9.45. The maximum atomic E-state index is 12.6. The summed E-state index contributed by atoms with van der Waals surface area (Å²) in [5.41, 5.74) is 0. The molecule has 2 aromatic rings. The fourth-order valence-electron chi connectivity index (χ4n) is 2.65. The Kier molecular flexibility index (Phi) is 4.35. The summed E-state index contributed by atoms with van der Waals surface area (Å²) in [6.45, 7) is 2.09. The summed E-state index contributed by atoms with van der Waals surface area (Å²) in [7, 11) is -7.12. The van der Waals surface area contributed by atoms with Crippen molar-refractivity contribution < 1.29 is 16.8 Å². The lowest BCUT2D eigenvalue weighted by molar-refractivity contribution is 0.478. The Morgan fingerprint density at radius 3 is 2.35 bits per heavy atom. The minimum absolute atomic E-state index is 0.0104. The summed E-state index contributed by atoms with van der Waals surface area (Å²) in [5.74, 6) is 0. The maximum absolute atomic E-state index is 12.6. The minimum Gasteiger partial charge on any atom is -0.223 e. The SMILES string of the molecule is Cc1ccc(S(=O)(=O)N2CC[C@@H](S(=O)(=O)c3ccccc3)C2)s1. The lowest BCUT2D eigenvalue weighted by Crippen LogP contribution is -2.31. The van der Waals surface area contributed by atoms with Crippen molar-refractivity contribution in [3.05, 3.63) is 47.3 Å². The molecule has 0 saturated carbocycles. The van der Waals surface area contributed by atoms with Gasteiger partial charge >= 0.3 is 0 Å². The van der Waals surface area contributed by atoms with Crippen LogP contribution in [0, 0.1) is 6.92 Å². The highest BCUT2D eigenvalue weighted by atomic mass is 32.2. The van der Waals surface area contributed by atoms with Crippen molar-refractivity contribution in [1.29, 1.82) is 0 Å². The summed E-state index contributed by atoms with van der Waals surface area (Å²) in [6, 6.07) is 11.5. The average molecular weight is 372 g/mol. The molecule has 1 aromatic carbocycles. The van der Waals surface area contributed by atoms with Gasteiger partial charge in [-0.1, -0.05) is 18.2 Å². The normalized spacial score (nSPS) is 20.0. The number of aryl methyl sites for hydroxylation is 1. The van der Waals surface area contributed by atoms with E-state index in [2.05, 4.69) is 0 Å². The summed E-state index contributed by atoms with van der Waals surface area (Å²) < 4.78 is 52.0. The van der Waals surface area contributed by atoms with Crippen LogP contribution < -0.4 is 0 Å². The van der Waals surface area contributed by atoms with Crippen molar-refractivity contribution in [2.45, 2.75) is 27.7 Å². The van der Waals surface area contributed by atoms with Crippen LogP contribution in [0.1, 0.15) is 11.3 Å². The standard InChI is InChI=1S/C15H17NO4S3/c1-12-7-8-15(21-12)23(19,20)16-10-9-14(11-16)22(17,18)13-5-3-2-4-6-13/h2-8,14H,9-11H2,1H3/t14-/m1/s1. The van der Waals surface area contributed by atoms with Crippen LogP contribution in [0.25, 0.3) is 0 Å². The van der Waals surface area contributed by atoms with Crippen LogP contribution >= 0.6 is 11.3 Å². The molecule has 1 aromatic heterocycles. The zero-order valence-corrected chi connectivity index (χ0v) is 15.0. The van der Waals surface area contributed by atoms with Gasteiger partial charge in [-0.25, -0.2) is 16.8 Å². The number of sulfonamides is 1. The number of thiophene rings is 1. The topological polar surface area (TPSA) is 71.5 Å². The van der Waals surface area contributed by atoms with Gasteiger partial charge in [-0.05, 0) is 37.6 Å². The number of benzene rings is 1. The highest BCUT2D eigenvalue weighted by Crippen LogP contribution is 2.30. The van der Waals surface area contributed by atoms with Crippen LogP contribution in [0.4, 0.5) is 0 Å². The number of hydrogen-bond acceptors (Lipinski definition) is 5. The van der Waals surface area contributed by atoms with Crippen LogP contribution in [-0.2, 0) is 19.9 Å². The molecule has 124 valence electrons. The molecule has 0 bridgehead atoms. The van der Waals surface area contributed by atoms with Crippen molar-refractivity contribution in [2.24, 2.45) is 0 Å². The highest BCUT2D eigenvalue weighted by molar-refractivity contribution is 7.92. The second kappa shape index (κ2) is 6.01. The molecule has 1 atom stereocenters. The molecule has 23 heavy (non-hydrogen) atoms. The van der Waals surface area contributed by atoms with Gasteiger partial charge in [0.05, 0.1) is 10.1 Å². The van der Waals surface area contributed by atoms with Gasteiger partial charge in [0.25, 0.3) is 10.0 Å². The zero-order chi connectivity index (χ0) is 16.7. The van der Waals surface area contributed by atoms with E-state index in [1.54, 1.807) is 42.5 Å². The number of sulfone groups is 1. The third-order valence-electron chi connectivity index (χ3n) is 3.93. The Bertz CT molecular complexity index is 901. The molecular weight excluding hydrogens is 354 g/mol. The number of hydrogen-bond donors (Lipinski definition) is 0. The fourth-order valence-corrected chi connectivity index (χ4v) is 7.40. The Labute approximate surface area is 140 Å². The van der Waals surface area contributed by atoms with E-state index >= 15 is 0 Å². The molecular formula is C15H17NO4S3. The number of rotatable bonds is 4. The Morgan fingerprint density at radius 2 is 1.74 bits per heavy atom. The molecule has 8 heteroatoms. The fraction of sp³-hybridized carbons (Fsp3) is 0.333. The lowest BCUT2D eigenvalue weighted by Gasteiger charge is -2.15. The van der Waals surface area contributed by atoms with Crippen molar-refractivity contribution in [3.8, 4) is 0 Å². The molecule has 1 fully saturated rings. The van der Waals surface area contributed by atoms with Gasteiger partial charge in [0, 0.05) is 18.0 Å². The molecule has 0 amide bonds. The van der Waals surface area contributed by atoms with Crippen molar-refractivity contribution in [3.63, 3.8) is 0 Å². The van der Waals surface area contributed by atoms with Crippen molar-refractivity contribution in [2.75, 3.05) is 13.1 Å². The van der Waals surface area contributed by atoms with E-state index in [1.807, 2.05) is 6.92 Å². The van der Waals surface area contributed by atoms with Crippen LogP contribution in [0.15, 0.2) is 51.6 Å². The van der Waals surface area contributed by atoms with E-state index in [4.69, 9.17) is 0 Å². The second-order valence-corrected chi connectivity index (χ2v) is 11.2. The highest BCUT2D eigenvalue weighted by Gasteiger charge is 2.39. The predicted octanol–water partition coefficient (Wildman–Crippen LogP) is 2.29. The Hall–Kier alpha value is -1.22. The summed E-state index contributed by atoms with van der Waals surface area (Å²) in [4.78, 5) is 1.16. The molecule has 0 radical (unpaired) electrons. The van der Waals surface area contributed by atoms with E-state index < -0.39 is 25.1 Å². The zero-order valence-electron chi connectivity index (χ0n) is 12.5. The molecule has 1 aliphatic heterocycles. The summed E-state index contributed by atoms with van der Waals surface area (Å²) in [6.07, 6.45) is 0.320. The predicted molar refractivity (Wildman–Crippen MR) is 89.8 cm³/mol. The smallest absolute Gasteiger partial charge is 0.223 e. The van der Waals surface area contributed by atoms with Crippen LogP contribution in [-0.4, -0.2) is 39.5 Å².